The summed E-state index contributed by atoms with van der Waals surface area (Å²) in [5, 5.41) is 0.365. The van der Waals surface area contributed by atoms with Crippen LogP contribution in [0.1, 0.15) is 41.4 Å². The van der Waals surface area contributed by atoms with E-state index < -0.39 is 0 Å². The number of hydrogen-bond donors (Lipinski definition) is 1. The molecule has 2 amide bonds. The highest BCUT2D eigenvalue weighted by Crippen LogP contribution is 2.30. The molecule has 0 radical (unpaired) electrons. The average molecular weight is 439 g/mol. The van der Waals surface area contributed by atoms with Gasteiger partial charge in [0.25, 0.3) is 5.91 Å². The smallest absolute Gasteiger partial charge is 0.255 e. The third-order valence-corrected chi connectivity index (χ3v) is 6.52. The number of hydrogen-bond acceptors (Lipinski definition) is 5. The average Bonchev–Trinajstić information content (AvgIpc) is 3.46. The molecule has 2 aliphatic rings. The highest BCUT2D eigenvalue weighted by atomic mass is 35.5. The van der Waals surface area contributed by atoms with E-state index >= 15 is 0 Å². The number of nitrogens with zero attached hydrogens (tertiary/aromatic N) is 5. The van der Waals surface area contributed by atoms with Crippen LogP contribution in [0.15, 0.2) is 36.8 Å². The van der Waals surface area contributed by atoms with Crippen molar-refractivity contribution < 1.29 is 9.59 Å². The molecule has 0 aliphatic carbocycles. The molecule has 0 aromatic carbocycles. The lowest BCUT2D eigenvalue weighted by Crippen LogP contribution is -2.44. The van der Waals surface area contributed by atoms with E-state index in [-0.39, 0.29) is 23.7 Å². The zero-order valence-corrected chi connectivity index (χ0v) is 17.8. The fraction of sp³-hybridized carbons (Fsp3) is 0.409. The van der Waals surface area contributed by atoms with Crippen molar-refractivity contribution in [1.82, 2.24) is 29.7 Å². The number of imidazole rings is 1. The van der Waals surface area contributed by atoms with Gasteiger partial charge in [-0.3, -0.25) is 14.6 Å². The Hall–Kier alpha value is -3.00. The predicted molar refractivity (Wildman–Crippen MR) is 116 cm³/mol. The number of amides is 2. The summed E-state index contributed by atoms with van der Waals surface area (Å²) < 4.78 is 0. The molecule has 3 aromatic rings. The maximum absolute atomic E-state index is 13.1. The maximum Gasteiger partial charge on any atom is 0.255 e. The molecule has 2 saturated heterocycles. The summed E-state index contributed by atoms with van der Waals surface area (Å²) in [7, 11) is 0. The number of fused-ring (bicyclic) bond motifs is 1. The molecule has 160 valence electrons. The lowest BCUT2D eigenvalue weighted by molar-refractivity contribution is -0.135. The number of nitrogens with one attached hydrogen (secondary N) is 1. The fourth-order valence-corrected chi connectivity index (χ4v) is 4.64. The van der Waals surface area contributed by atoms with Crippen LogP contribution >= 0.6 is 11.6 Å². The molecule has 1 N–H and O–H groups in total. The first kappa shape index (κ1) is 19.9. The molecule has 8 nitrogen and oxygen atoms in total. The summed E-state index contributed by atoms with van der Waals surface area (Å²) in [6.45, 7) is 2.58. The van der Waals surface area contributed by atoms with Gasteiger partial charge in [-0.2, -0.15) is 0 Å². The van der Waals surface area contributed by atoms with Crippen LogP contribution in [0.4, 0.5) is 0 Å². The van der Waals surface area contributed by atoms with Gasteiger partial charge in [0, 0.05) is 50.4 Å². The Labute approximate surface area is 184 Å². The van der Waals surface area contributed by atoms with Crippen LogP contribution in [-0.2, 0) is 4.79 Å². The number of rotatable bonds is 3. The number of pyridine rings is 2. The molecule has 0 bridgehead atoms. The summed E-state index contributed by atoms with van der Waals surface area (Å²) in [5.74, 6) is 1.24. The minimum atomic E-state index is -0.0596. The van der Waals surface area contributed by atoms with Crippen molar-refractivity contribution in [2.24, 2.45) is 5.92 Å². The van der Waals surface area contributed by atoms with Gasteiger partial charge in [0.2, 0.25) is 5.91 Å². The van der Waals surface area contributed by atoms with Crippen molar-refractivity contribution in [2.75, 3.05) is 26.2 Å². The number of likely N-dealkylation sites (tertiary alicyclic amines) is 2. The minimum absolute atomic E-state index is 0.0361. The summed E-state index contributed by atoms with van der Waals surface area (Å²) in [5.41, 5.74) is 2.36. The second-order valence-electron chi connectivity index (χ2n) is 8.22. The zero-order valence-electron chi connectivity index (χ0n) is 17.0. The van der Waals surface area contributed by atoms with Gasteiger partial charge in [-0.1, -0.05) is 11.6 Å². The zero-order chi connectivity index (χ0) is 21.4. The normalized spacial score (nSPS) is 19.8. The van der Waals surface area contributed by atoms with E-state index in [1.807, 2.05) is 11.0 Å². The first-order chi connectivity index (χ1) is 15.1. The third kappa shape index (κ3) is 3.99. The summed E-state index contributed by atoms with van der Waals surface area (Å²) in [6.07, 6.45) is 7.28. The van der Waals surface area contributed by atoms with Gasteiger partial charge in [-0.05, 0) is 37.5 Å². The third-order valence-electron chi connectivity index (χ3n) is 6.29. The van der Waals surface area contributed by atoms with E-state index in [0.717, 1.165) is 29.8 Å². The van der Waals surface area contributed by atoms with Gasteiger partial charge >= 0.3 is 0 Å². The monoisotopic (exact) mass is 438 g/mol. The van der Waals surface area contributed by atoms with E-state index in [1.165, 1.54) is 6.20 Å². The van der Waals surface area contributed by atoms with E-state index in [4.69, 9.17) is 11.6 Å². The Kier molecular flexibility index (Phi) is 5.31. The number of carbonyl (C=O) groups excluding carboxylic acids is 2. The number of aromatic nitrogens is 4. The molecule has 1 atom stereocenters. The van der Waals surface area contributed by atoms with Crippen LogP contribution in [0.5, 0.6) is 0 Å². The number of H-pyrrole nitrogens is 1. The number of aromatic amines is 1. The van der Waals surface area contributed by atoms with E-state index in [1.54, 1.807) is 29.4 Å². The van der Waals surface area contributed by atoms with E-state index in [9.17, 15) is 9.59 Å². The number of piperidine rings is 1. The van der Waals surface area contributed by atoms with E-state index in [2.05, 4.69) is 19.9 Å². The van der Waals surface area contributed by atoms with Gasteiger partial charge in [-0.15, -0.1) is 0 Å². The van der Waals surface area contributed by atoms with Crippen molar-refractivity contribution in [2.45, 2.75) is 25.2 Å². The Balaban J connectivity index is 1.17. The summed E-state index contributed by atoms with van der Waals surface area (Å²) in [4.78, 5) is 45.6. The highest BCUT2D eigenvalue weighted by Gasteiger charge is 2.35. The van der Waals surface area contributed by atoms with E-state index in [0.29, 0.717) is 43.2 Å². The largest absolute Gasteiger partial charge is 0.342 e. The summed E-state index contributed by atoms with van der Waals surface area (Å²) in [6, 6.07) is 5.20. The Morgan fingerprint density at radius 3 is 2.58 bits per heavy atom. The maximum atomic E-state index is 13.1. The number of halogens is 1. The molecule has 2 fully saturated rings. The SMILES string of the molecule is O=C(c1ccc(Cl)nc1)N1CCC(C(=O)N2CCC(c3nc4ccncc4[nH]3)C2)CC1. The van der Waals surface area contributed by atoms with Crippen LogP contribution in [0, 0.1) is 5.92 Å². The Morgan fingerprint density at radius 2 is 1.84 bits per heavy atom. The first-order valence-corrected chi connectivity index (χ1v) is 11.0. The van der Waals surface area contributed by atoms with Crippen molar-refractivity contribution in [3.8, 4) is 0 Å². The Bertz CT molecular complexity index is 1070. The highest BCUT2D eigenvalue weighted by molar-refractivity contribution is 6.29. The quantitative estimate of drug-likeness (QED) is 0.634. The number of carbonyl (C=O) groups is 2. The molecular weight excluding hydrogens is 416 g/mol. The molecule has 0 spiro atoms. The topological polar surface area (TPSA) is 95.1 Å². The van der Waals surface area contributed by atoms with Crippen molar-refractivity contribution >= 4 is 34.4 Å². The predicted octanol–water partition coefficient (Wildman–Crippen LogP) is 2.87. The lowest BCUT2D eigenvalue weighted by Gasteiger charge is -2.33. The molecule has 3 aromatic heterocycles. The van der Waals surface area contributed by atoms with Gasteiger partial charge in [0.15, 0.2) is 0 Å². The molecule has 2 aliphatic heterocycles. The van der Waals surface area contributed by atoms with Gasteiger partial charge in [-0.25, -0.2) is 9.97 Å². The van der Waals surface area contributed by atoms with Gasteiger partial charge < -0.3 is 14.8 Å². The molecule has 31 heavy (non-hydrogen) atoms. The molecular formula is C22H23ClN6O2. The van der Waals surface area contributed by atoms with Crippen LogP contribution in [-0.4, -0.2) is 67.7 Å². The van der Waals surface area contributed by atoms with Crippen LogP contribution in [0.2, 0.25) is 5.15 Å². The van der Waals surface area contributed by atoms with Crippen molar-refractivity contribution in [1.29, 1.82) is 0 Å². The second-order valence-corrected chi connectivity index (χ2v) is 8.61. The van der Waals surface area contributed by atoms with Crippen molar-refractivity contribution in [3.05, 3.63) is 53.3 Å². The fourth-order valence-electron chi connectivity index (χ4n) is 4.53. The van der Waals surface area contributed by atoms with Gasteiger partial charge in [0.1, 0.15) is 11.0 Å². The minimum Gasteiger partial charge on any atom is -0.342 e. The molecule has 9 heteroatoms. The summed E-state index contributed by atoms with van der Waals surface area (Å²) >= 11 is 5.80. The van der Waals surface area contributed by atoms with Crippen molar-refractivity contribution in [3.63, 3.8) is 0 Å². The second kappa shape index (κ2) is 8.26. The van der Waals surface area contributed by atoms with Crippen LogP contribution in [0.25, 0.3) is 11.0 Å². The lowest BCUT2D eigenvalue weighted by atomic mass is 9.95. The molecule has 0 saturated carbocycles. The van der Waals surface area contributed by atoms with Crippen LogP contribution < -0.4 is 0 Å². The first-order valence-electron chi connectivity index (χ1n) is 10.6. The standard InChI is InChI=1S/C22H23ClN6O2/c23-19-2-1-15(11-25-19)22(31)28-8-4-14(5-9-28)21(30)29-10-6-16(13-29)20-26-17-3-7-24-12-18(17)27-20/h1-3,7,11-12,14,16H,4-6,8-10,13H2,(H,26,27). The molecule has 1 unspecified atom stereocenters. The Morgan fingerprint density at radius 1 is 1.03 bits per heavy atom. The molecule has 5 rings (SSSR count). The van der Waals surface area contributed by atoms with Gasteiger partial charge in [0.05, 0.1) is 22.8 Å². The van der Waals surface area contributed by atoms with Crippen LogP contribution in [0.3, 0.4) is 0 Å². The molecule has 5 heterocycles.